The van der Waals surface area contributed by atoms with E-state index in [-0.39, 0.29) is 0 Å². The fraction of sp³-hybridized carbons (Fsp3) is 0.400. The number of anilines is 1. The Morgan fingerprint density at radius 3 is 2.89 bits per heavy atom. The molecule has 182 valence electrons. The molecule has 0 saturated carbocycles. The maximum absolute atomic E-state index is 6.37. The number of likely N-dealkylation sites (tertiary alicyclic amines) is 1. The van der Waals surface area contributed by atoms with Crippen molar-refractivity contribution in [2.45, 2.75) is 42.9 Å². The van der Waals surface area contributed by atoms with E-state index in [1.54, 1.807) is 11.1 Å². The molecule has 5 aliphatic rings. The standard InChI is InChI=1S/C25H28ClN7S2/c1-15-30-16-13-25(14-19(16)34-15)7-11-33(12-8-25)21-6-10-29-24-18(3-4-20(31-21)32(24)2)35-17-5-9-28-23(27)22(17)26/h3-6,9-10,15,30H,7-8,11-14H2,1-2H3,(H2,27,28)/b10-6?,21-6?,29-10?,29-24-,31-20?,31-21+. The Morgan fingerprint density at radius 1 is 1.26 bits per heavy atom. The monoisotopic (exact) mass is 525 g/mol. The highest BCUT2D eigenvalue weighted by molar-refractivity contribution is 8.04. The summed E-state index contributed by atoms with van der Waals surface area (Å²) in [6.07, 6.45) is 14.5. The Morgan fingerprint density at radius 2 is 2.09 bits per heavy atom. The van der Waals surface area contributed by atoms with Crippen LogP contribution in [0.5, 0.6) is 0 Å². The van der Waals surface area contributed by atoms with Crippen molar-refractivity contribution in [3.63, 3.8) is 0 Å². The summed E-state index contributed by atoms with van der Waals surface area (Å²) in [4.78, 5) is 21.8. The van der Waals surface area contributed by atoms with E-state index in [2.05, 4.69) is 28.2 Å². The molecule has 1 aromatic heterocycles. The number of fused-ring (bicyclic) bond motifs is 2. The van der Waals surface area contributed by atoms with Gasteiger partial charge in [0.15, 0.2) is 0 Å². The number of halogens is 1. The van der Waals surface area contributed by atoms with E-state index in [4.69, 9.17) is 27.3 Å². The largest absolute Gasteiger partial charge is 0.382 e. The molecule has 7 nitrogen and oxygen atoms in total. The number of hydrogen-bond donors (Lipinski definition) is 2. The second-order valence-electron chi connectivity index (χ2n) is 9.61. The number of likely N-dealkylation sites (N-methyl/N-ethyl adjacent to an activating group) is 1. The van der Waals surface area contributed by atoms with E-state index in [1.165, 1.54) is 43.1 Å². The summed E-state index contributed by atoms with van der Waals surface area (Å²) in [5.74, 6) is 3.03. The topological polar surface area (TPSA) is 82.1 Å². The minimum atomic E-state index is 0.331. The molecule has 6 rings (SSSR count). The maximum atomic E-state index is 6.37. The Kier molecular flexibility index (Phi) is 5.89. The molecule has 2 bridgehead atoms. The summed E-state index contributed by atoms with van der Waals surface area (Å²) in [6, 6.07) is 1.87. The highest BCUT2D eigenvalue weighted by atomic mass is 35.5. The minimum Gasteiger partial charge on any atom is -0.382 e. The van der Waals surface area contributed by atoms with Gasteiger partial charge in [-0.15, -0.1) is 11.8 Å². The number of pyridine rings is 1. The summed E-state index contributed by atoms with van der Waals surface area (Å²) in [5, 5.41) is 4.67. The van der Waals surface area contributed by atoms with Crippen LogP contribution in [-0.4, -0.2) is 52.0 Å². The molecule has 1 fully saturated rings. The van der Waals surface area contributed by atoms with Crippen LogP contribution in [0.25, 0.3) is 0 Å². The van der Waals surface area contributed by atoms with Crippen molar-refractivity contribution < 1.29 is 0 Å². The van der Waals surface area contributed by atoms with Gasteiger partial charge in [0, 0.05) is 48.0 Å². The number of nitrogens with one attached hydrogen (secondary N) is 1. The molecule has 1 aliphatic carbocycles. The number of aromatic nitrogens is 1. The number of amidine groups is 2. The average molecular weight is 526 g/mol. The number of thioether (sulfide) groups is 2. The van der Waals surface area contributed by atoms with Crippen LogP contribution in [0.4, 0.5) is 5.82 Å². The normalized spacial score (nSPS) is 27.9. The van der Waals surface area contributed by atoms with E-state index >= 15 is 0 Å². The Balaban J connectivity index is 1.18. The molecule has 1 aromatic rings. The SMILES string of the molecule is CC1NC2=C(CC3(CCN(/C4=N/C5=CC=C(Sc6ccnc(N)c6Cl)/C(=N/C=C4)N5C)CC3)C2)S1. The van der Waals surface area contributed by atoms with Gasteiger partial charge in [-0.25, -0.2) is 15.0 Å². The van der Waals surface area contributed by atoms with E-state index in [9.17, 15) is 0 Å². The van der Waals surface area contributed by atoms with Crippen LogP contribution >= 0.6 is 35.1 Å². The number of piperidine rings is 1. The minimum absolute atomic E-state index is 0.331. The van der Waals surface area contributed by atoms with Crippen LogP contribution in [0.15, 0.2) is 72.9 Å². The first-order chi connectivity index (χ1) is 16.9. The van der Waals surface area contributed by atoms with Gasteiger partial charge in [0.2, 0.25) is 0 Å². The molecular weight excluding hydrogens is 498 g/mol. The highest BCUT2D eigenvalue weighted by Crippen LogP contribution is 2.54. The van der Waals surface area contributed by atoms with Crippen molar-refractivity contribution >= 4 is 52.6 Å². The number of hydrogen-bond acceptors (Lipinski definition) is 9. The van der Waals surface area contributed by atoms with Crippen molar-refractivity contribution in [2.75, 3.05) is 25.9 Å². The van der Waals surface area contributed by atoms with Gasteiger partial charge in [-0.2, -0.15) is 0 Å². The number of nitrogen functional groups attached to an aromatic ring is 1. The van der Waals surface area contributed by atoms with Gasteiger partial charge in [-0.05, 0) is 62.3 Å². The molecule has 4 aliphatic heterocycles. The van der Waals surface area contributed by atoms with Crippen molar-refractivity contribution in [3.05, 3.63) is 63.0 Å². The molecule has 3 N–H and O–H groups in total. The van der Waals surface area contributed by atoms with Gasteiger partial charge in [-0.3, -0.25) is 0 Å². The maximum Gasteiger partial charge on any atom is 0.147 e. The molecule has 10 heteroatoms. The molecular formula is C25H28ClN7S2. The molecule has 0 amide bonds. The lowest BCUT2D eigenvalue weighted by atomic mass is 9.76. The van der Waals surface area contributed by atoms with Gasteiger partial charge in [-0.1, -0.05) is 23.4 Å². The predicted molar refractivity (Wildman–Crippen MR) is 147 cm³/mol. The summed E-state index contributed by atoms with van der Waals surface area (Å²) in [6.45, 7) is 4.30. The first-order valence-corrected chi connectivity index (χ1v) is 14.0. The zero-order valence-corrected chi connectivity index (χ0v) is 22.2. The zero-order chi connectivity index (χ0) is 24.2. The van der Waals surface area contributed by atoms with Crippen molar-refractivity contribution in [1.82, 2.24) is 20.1 Å². The third-order valence-electron chi connectivity index (χ3n) is 7.28. The summed E-state index contributed by atoms with van der Waals surface area (Å²) >= 11 is 9.92. The fourth-order valence-electron chi connectivity index (χ4n) is 5.38. The number of aliphatic imine (C=N–C) groups is 2. The number of rotatable bonds is 2. The summed E-state index contributed by atoms with van der Waals surface area (Å²) < 4.78 is 0. The van der Waals surface area contributed by atoms with Gasteiger partial charge in [0.1, 0.15) is 23.3 Å². The van der Waals surface area contributed by atoms with Crippen LogP contribution in [0.3, 0.4) is 0 Å². The van der Waals surface area contributed by atoms with E-state index in [0.717, 1.165) is 40.4 Å². The second kappa shape index (κ2) is 8.94. The number of nitrogens with zero attached hydrogens (tertiary/aromatic N) is 5. The highest BCUT2D eigenvalue weighted by Gasteiger charge is 2.44. The molecule has 5 heterocycles. The number of nitrogens with two attached hydrogens (primary N) is 1. The molecule has 1 saturated heterocycles. The Hall–Kier alpha value is -2.36. The molecule has 1 spiro atoms. The first kappa shape index (κ1) is 23.1. The smallest absolute Gasteiger partial charge is 0.147 e. The average Bonchev–Trinajstić information content (AvgIpc) is 3.33. The van der Waals surface area contributed by atoms with Gasteiger partial charge in [0.25, 0.3) is 0 Å². The first-order valence-electron chi connectivity index (χ1n) is 11.9. The Bertz CT molecular complexity index is 1230. The third-order valence-corrected chi connectivity index (χ3v) is 10.0. The van der Waals surface area contributed by atoms with Crippen molar-refractivity contribution in [1.29, 1.82) is 0 Å². The molecule has 35 heavy (non-hydrogen) atoms. The van der Waals surface area contributed by atoms with Crippen molar-refractivity contribution in [3.8, 4) is 0 Å². The summed E-state index contributed by atoms with van der Waals surface area (Å²) in [5.41, 5.74) is 7.81. The summed E-state index contributed by atoms with van der Waals surface area (Å²) in [7, 11) is 2.00. The van der Waals surface area contributed by atoms with Crippen LogP contribution in [0, 0.1) is 5.41 Å². The van der Waals surface area contributed by atoms with E-state index < -0.39 is 0 Å². The van der Waals surface area contributed by atoms with E-state index in [0.29, 0.717) is 21.6 Å². The van der Waals surface area contributed by atoms with Gasteiger partial charge in [0.05, 0.1) is 15.3 Å². The lowest BCUT2D eigenvalue weighted by Crippen LogP contribution is -2.43. The van der Waals surface area contributed by atoms with Gasteiger partial charge >= 0.3 is 0 Å². The van der Waals surface area contributed by atoms with Crippen LogP contribution < -0.4 is 11.1 Å². The van der Waals surface area contributed by atoms with Crippen LogP contribution in [-0.2, 0) is 0 Å². The van der Waals surface area contributed by atoms with Gasteiger partial charge < -0.3 is 20.9 Å². The predicted octanol–water partition coefficient (Wildman–Crippen LogP) is 5.17. The Labute approximate surface area is 219 Å². The molecule has 0 aromatic carbocycles. The lowest BCUT2D eigenvalue weighted by Gasteiger charge is -2.41. The molecule has 0 radical (unpaired) electrons. The fourth-order valence-corrected chi connectivity index (χ4v) is 7.87. The van der Waals surface area contributed by atoms with E-state index in [1.807, 2.05) is 48.1 Å². The molecule has 1 atom stereocenters. The van der Waals surface area contributed by atoms with Crippen molar-refractivity contribution in [2.24, 2.45) is 15.4 Å². The number of allylic oxidation sites excluding steroid dienone is 4. The van der Waals surface area contributed by atoms with Crippen LogP contribution in [0.2, 0.25) is 5.02 Å². The molecule has 1 unspecified atom stereocenters. The lowest BCUT2D eigenvalue weighted by molar-refractivity contribution is 0.157. The second-order valence-corrected chi connectivity index (χ2v) is 12.5. The van der Waals surface area contributed by atoms with Crippen LogP contribution in [0.1, 0.15) is 32.6 Å². The third kappa shape index (κ3) is 4.27. The zero-order valence-electron chi connectivity index (χ0n) is 19.8. The quantitative estimate of drug-likeness (QED) is 0.551.